The van der Waals surface area contributed by atoms with Crippen molar-refractivity contribution in [2.24, 2.45) is 4.99 Å². The van der Waals surface area contributed by atoms with E-state index in [4.69, 9.17) is 4.74 Å². The van der Waals surface area contributed by atoms with Gasteiger partial charge in [0.1, 0.15) is 11.4 Å². The topological polar surface area (TPSA) is 71.0 Å². The maximum atomic E-state index is 13.5. The van der Waals surface area contributed by atoms with E-state index in [2.05, 4.69) is 16.4 Å². The van der Waals surface area contributed by atoms with Crippen molar-refractivity contribution in [2.75, 3.05) is 17.8 Å². The van der Waals surface area contributed by atoms with Crippen LogP contribution in [0.2, 0.25) is 0 Å². The lowest BCUT2D eigenvalue weighted by atomic mass is 10.1. The predicted molar refractivity (Wildman–Crippen MR) is 147 cm³/mol. The molecule has 1 N–H and O–H groups in total. The molecule has 36 heavy (non-hydrogen) atoms. The predicted octanol–water partition coefficient (Wildman–Crippen LogP) is 5.67. The van der Waals surface area contributed by atoms with Crippen LogP contribution in [0, 0.1) is 13.8 Å². The normalized spacial score (nSPS) is 15.1. The molecule has 3 aromatic rings. The van der Waals surface area contributed by atoms with E-state index in [1.54, 1.807) is 18.1 Å². The number of nitrogens with one attached hydrogen (secondary N) is 1. The summed E-state index contributed by atoms with van der Waals surface area (Å²) in [7, 11) is 1.61. The molecule has 0 radical (unpaired) electrons. The minimum absolute atomic E-state index is 0.118. The Kier molecular flexibility index (Phi) is 7.90. The fraction of sp³-hybridized carbons (Fsp3) is 0.207. The van der Waals surface area contributed by atoms with Crippen molar-refractivity contribution < 1.29 is 14.3 Å². The zero-order chi connectivity index (χ0) is 25.7. The van der Waals surface area contributed by atoms with Gasteiger partial charge in [0, 0.05) is 0 Å². The second kappa shape index (κ2) is 11.3. The quantitative estimate of drug-likeness (QED) is 0.426. The number of anilines is 1. The molecule has 0 aromatic heterocycles. The maximum absolute atomic E-state index is 13.5. The molecule has 0 saturated heterocycles. The van der Waals surface area contributed by atoms with E-state index in [-0.39, 0.29) is 23.6 Å². The molecule has 1 atom stereocenters. The minimum Gasteiger partial charge on any atom is -0.497 e. The van der Waals surface area contributed by atoms with Crippen LogP contribution in [0.15, 0.2) is 83.5 Å². The van der Waals surface area contributed by atoms with Gasteiger partial charge < -0.3 is 10.1 Å². The second-order valence-electron chi connectivity index (χ2n) is 8.67. The van der Waals surface area contributed by atoms with Gasteiger partial charge in [0.05, 0.1) is 24.6 Å². The summed E-state index contributed by atoms with van der Waals surface area (Å²) in [4.78, 5) is 32.4. The number of aliphatic imine (C=N–C) groups is 1. The number of hydrogen-bond acceptors (Lipinski definition) is 5. The van der Waals surface area contributed by atoms with Crippen molar-refractivity contribution in [1.29, 1.82) is 0 Å². The van der Waals surface area contributed by atoms with Crippen LogP contribution < -0.4 is 15.0 Å². The maximum Gasteiger partial charge on any atom is 0.283 e. The van der Waals surface area contributed by atoms with Gasteiger partial charge in [0.15, 0.2) is 5.17 Å². The van der Waals surface area contributed by atoms with Crippen LogP contribution in [-0.2, 0) is 9.59 Å². The van der Waals surface area contributed by atoms with Crippen LogP contribution in [0.25, 0.3) is 6.08 Å². The number of thioether (sulfide) groups is 1. The average molecular weight is 500 g/mol. The van der Waals surface area contributed by atoms with Gasteiger partial charge >= 0.3 is 0 Å². The van der Waals surface area contributed by atoms with E-state index in [0.29, 0.717) is 10.9 Å². The summed E-state index contributed by atoms with van der Waals surface area (Å²) >= 11 is 1.25. The SMILES string of the molecule is COc1ccc(/C=C2/N=C(SCC(=O)NC(C)c3ccccc3)N(c3cc(C)cc(C)c3)C2=O)cc1. The number of nitrogens with zero attached hydrogens (tertiary/aromatic N) is 2. The molecular weight excluding hydrogens is 470 g/mol. The second-order valence-corrected chi connectivity index (χ2v) is 9.61. The number of methoxy groups -OCH3 is 1. The van der Waals surface area contributed by atoms with Crippen LogP contribution in [0.3, 0.4) is 0 Å². The lowest BCUT2D eigenvalue weighted by Crippen LogP contribution is -2.33. The van der Waals surface area contributed by atoms with E-state index in [9.17, 15) is 9.59 Å². The van der Waals surface area contributed by atoms with Gasteiger partial charge in [0.2, 0.25) is 5.91 Å². The molecule has 2 amide bonds. The molecule has 3 aromatic carbocycles. The molecule has 6 nitrogen and oxygen atoms in total. The number of rotatable bonds is 7. The Hall–Kier alpha value is -3.84. The van der Waals surface area contributed by atoms with Gasteiger partial charge in [-0.3, -0.25) is 14.5 Å². The number of carbonyl (C=O) groups is 2. The highest BCUT2D eigenvalue weighted by atomic mass is 32.2. The Labute approximate surface area is 216 Å². The highest BCUT2D eigenvalue weighted by molar-refractivity contribution is 8.14. The smallest absolute Gasteiger partial charge is 0.283 e. The summed E-state index contributed by atoms with van der Waals surface area (Å²) in [5, 5.41) is 3.50. The Balaban J connectivity index is 1.57. The van der Waals surface area contributed by atoms with Crippen molar-refractivity contribution >= 4 is 40.5 Å². The molecule has 184 valence electrons. The molecule has 1 heterocycles. The van der Waals surface area contributed by atoms with Gasteiger partial charge in [-0.2, -0.15) is 0 Å². The fourth-order valence-electron chi connectivity index (χ4n) is 4.00. The summed E-state index contributed by atoms with van der Waals surface area (Å²) in [6.45, 7) is 5.94. The fourth-order valence-corrected chi connectivity index (χ4v) is 4.82. The standard InChI is InChI=1S/C29H29N3O3S/c1-19-14-20(2)16-24(15-19)32-28(34)26(17-22-10-12-25(35-4)13-11-22)31-29(32)36-18-27(33)30-21(3)23-8-6-5-7-9-23/h5-17,21H,18H2,1-4H3,(H,30,33)/b26-17+. The van der Waals surface area contributed by atoms with Crippen LogP contribution in [0.1, 0.15) is 35.2 Å². The largest absolute Gasteiger partial charge is 0.497 e. The zero-order valence-corrected chi connectivity index (χ0v) is 21.6. The van der Waals surface area contributed by atoms with Gasteiger partial charge in [-0.1, -0.05) is 60.3 Å². The van der Waals surface area contributed by atoms with Crippen molar-refractivity contribution in [2.45, 2.75) is 26.8 Å². The molecule has 7 heteroatoms. The first kappa shape index (κ1) is 25.3. The van der Waals surface area contributed by atoms with E-state index < -0.39 is 0 Å². The summed E-state index contributed by atoms with van der Waals surface area (Å²) in [5.41, 5.74) is 5.02. The van der Waals surface area contributed by atoms with Crippen molar-refractivity contribution in [3.63, 3.8) is 0 Å². The van der Waals surface area contributed by atoms with Gasteiger partial charge in [-0.25, -0.2) is 4.99 Å². The van der Waals surface area contributed by atoms with Crippen LogP contribution in [-0.4, -0.2) is 29.8 Å². The molecule has 1 aliphatic heterocycles. The van der Waals surface area contributed by atoms with E-state index in [1.165, 1.54) is 11.8 Å². The van der Waals surface area contributed by atoms with E-state index in [0.717, 1.165) is 33.7 Å². The molecule has 0 saturated carbocycles. The Morgan fingerprint density at radius 2 is 1.72 bits per heavy atom. The highest BCUT2D eigenvalue weighted by Gasteiger charge is 2.32. The van der Waals surface area contributed by atoms with E-state index >= 15 is 0 Å². The molecule has 0 bridgehead atoms. The van der Waals surface area contributed by atoms with Gasteiger partial charge in [0.25, 0.3) is 5.91 Å². The third kappa shape index (κ3) is 6.04. The summed E-state index contributed by atoms with van der Waals surface area (Å²) in [6, 6.07) is 23.1. The molecule has 1 aliphatic rings. The molecular formula is C29H29N3O3S. The Morgan fingerprint density at radius 1 is 1.06 bits per heavy atom. The van der Waals surface area contributed by atoms with Crippen molar-refractivity contribution in [1.82, 2.24) is 5.32 Å². The number of benzene rings is 3. The molecule has 0 spiro atoms. The zero-order valence-electron chi connectivity index (χ0n) is 20.8. The first-order valence-corrected chi connectivity index (χ1v) is 12.7. The number of carbonyl (C=O) groups excluding carboxylic acids is 2. The number of aryl methyl sites for hydroxylation is 2. The minimum atomic E-state index is -0.226. The highest BCUT2D eigenvalue weighted by Crippen LogP contribution is 2.31. The van der Waals surface area contributed by atoms with Crippen molar-refractivity contribution in [3.05, 3.63) is 101 Å². The lowest BCUT2D eigenvalue weighted by molar-refractivity contribution is -0.119. The lowest BCUT2D eigenvalue weighted by Gasteiger charge is -2.19. The van der Waals surface area contributed by atoms with Gasteiger partial charge in [-0.15, -0.1) is 0 Å². The number of amides is 2. The Bertz CT molecular complexity index is 1300. The first-order valence-electron chi connectivity index (χ1n) is 11.7. The Morgan fingerprint density at radius 3 is 2.36 bits per heavy atom. The number of amidine groups is 1. The first-order chi connectivity index (χ1) is 17.3. The third-order valence-corrected chi connectivity index (χ3v) is 6.66. The number of hydrogen-bond donors (Lipinski definition) is 1. The third-order valence-electron chi connectivity index (χ3n) is 5.72. The van der Waals surface area contributed by atoms with Crippen LogP contribution >= 0.6 is 11.8 Å². The van der Waals surface area contributed by atoms with Crippen molar-refractivity contribution in [3.8, 4) is 5.75 Å². The molecule has 0 aliphatic carbocycles. The monoisotopic (exact) mass is 499 g/mol. The summed E-state index contributed by atoms with van der Waals surface area (Å²) in [6.07, 6.45) is 1.75. The van der Waals surface area contributed by atoms with Crippen LogP contribution in [0.5, 0.6) is 5.75 Å². The summed E-state index contributed by atoms with van der Waals surface area (Å²) in [5.74, 6) is 0.526. The average Bonchev–Trinajstić information content (AvgIpc) is 3.17. The molecule has 4 rings (SSSR count). The van der Waals surface area contributed by atoms with E-state index in [1.807, 2.05) is 87.5 Å². The summed E-state index contributed by atoms with van der Waals surface area (Å²) < 4.78 is 5.22. The van der Waals surface area contributed by atoms with Crippen LogP contribution in [0.4, 0.5) is 5.69 Å². The number of ether oxygens (including phenoxy) is 1. The molecule has 1 unspecified atom stereocenters. The van der Waals surface area contributed by atoms with Gasteiger partial charge in [-0.05, 0) is 73.4 Å². The molecule has 0 fully saturated rings.